The Balaban J connectivity index is 2.13. The molecule has 90 valence electrons. The summed E-state index contributed by atoms with van der Waals surface area (Å²) in [4.78, 5) is 22.0. The summed E-state index contributed by atoms with van der Waals surface area (Å²) in [5, 5.41) is 1.96. The summed E-state index contributed by atoms with van der Waals surface area (Å²) in [6.45, 7) is -2.91. The van der Waals surface area contributed by atoms with Gasteiger partial charge in [0.15, 0.2) is 0 Å². The van der Waals surface area contributed by atoms with Crippen molar-refractivity contribution in [1.82, 2.24) is 5.32 Å². The topological polar surface area (TPSA) is 64.6 Å². The van der Waals surface area contributed by atoms with Crippen LogP contribution in [-0.2, 0) is 9.53 Å². The van der Waals surface area contributed by atoms with Crippen LogP contribution in [-0.4, -0.2) is 18.6 Å². The van der Waals surface area contributed by atoms with Gasteiger partial charge >= 0.3 is 12.7 Å². The molecule has 0 spiro atoms. The lowest BCUT2D eigenvalue weighted by atomic mass is 10.1. The zero-order valence-electron chi connectivity index (χ0n) is 8.35. The fourth-order valence-electron chi connectivity index (χ4n) is 1.40. The summed E-state index contributed by atoms with van der Waals surface area (Å²) < 4.78 is 32.6. The number of benzene rings is 1. The SMILES string of the molecule is O=C1NC(=O)C(c2ccc(OC(F)F)cc2)O1. The number of alkyl carbamates (subject to hydrolysis) is 1. The zero-order chi connectivity index (χ0) is 12.4. The van der Waals surface area contributed by atoms with Crippen LogP contribution in [0.2, 0.25) is 0 Å². The van der Waals surface area contributed by atoms with Crippen LogP contribution in [0.1, 0.15) is 11.7 Å². The Hall–Kier alpha value is -2.18. The third kappa shape index (κ3) is 2.49. The average Bonchev–Trinajstić information content (AvgIpc) is 2.58. The van der Waals surface area contributed by atoms with Gasteiger partial charge in [0.1, 0.15) is 5.75 Å². The second-order valence-corrected chi connectivity index (χ2v) is 3.22. The molecular weight excluding hydrogens is 236 g/mol. The van der Waals surface area contributed by atoms with Gasteiger partial charge in [-0.25, -0.2) is 4.79 Å². The number of cyclic esters (lactones) is 1. The Kier molecular flexibility index (Phi) is 2.90. The first kappa shape index (κ1) is 11.3. The number of rotatable bonds is 3. The minimum Gasteiger partial charge on any atom is -0.435 e. The Morgan fingerprint density at radius 2 is 1.88 bits per heavy atom. The lowest BCUT2D eigenvalue weighted by Gasteiger charge is -2.08. The molecule has 0 bridgehead atoms. The van der Waals surface area contributed by atoms with Gasteiger partial charge in [-0.15, -0.1) is 0 Å². The van der Waals surface area contributed by atoms with Gasteiger partial charge in [-0.3, -0.25) is 10.1 Å². The fraction of sp³-hybridized carbons (Fsp3) is 0.200. The van der Waals surface area contributed by atoms with Crippen LogP contribution < -0.4 is 10.1 Å². The van der Waals surface area contributed by atoms with E-state index in [0.717, 1.165) is 0 Å². The standard InChI is InChI=1S/C10H7F2NO4/c11-9(12)16-6-3-1-5(2-4-6)7-8(14)13-10(15)17-7/h1-4,7,9H,(H,13,14,15). The van der Waals surface area contributed by atoms with Crippen LogP contribution in [0, 0.1) is 0 Å². The highest BCUT2D eigenvalue weighted by molar-refractivity contribution is 6.00. The Bertz CT molecular complexity index is 446. The molecule has 1 aliphatic rings. The van der Waals surface area contributed by atoms with Gasteiger partial charge < -0.3 is 9.47 Å². The molecule has 2 amide bonds. The molecule has 17 heavy (non-hydrogen) atoms. The first-order valence-electron chi connectivity index (χ1n) is 4.62. The maximum atomic E-state index is 11.9. The van der Waals surface area contributed by atoms with E-state index in [9.17, 15) is 18.4 Å². The highest BCUT2D eigenvalue weighted by Gasteiger charge is 2.33. The van der Waals surface area contributed by atoms with Crippen LogP contribution in [0.15, 0.2) is 24.3 Å². The number of alkyl halides is 2. The van der Waals surface area contributed by atoms with E-state index in [1.165, 1.54) is 24.3 Å². The van der Waals surface area contributed by atoms with E-state index in [0.29, 0.717) is 5.56 Å². The fourth-order valence-corrected chi connectivity index (χ4v) is 1.40. The summed E-state index contributed by atoms with van der Waals surface area (Å²) >= 11 is 0. The molecule has 1 aliphatic heterocycles. The summed E-state index contributed by atoms with van der Waals surface area (Å²) in [5.41, 5.74) is 0.384. The van der Waals surface area contributed by atoms with Crippen molar-refractivity contribution in [1.29, 1.82) is 0 Å². The molecule has 1 heterocycles. The number of hydrogen-bond donors (Lipinski definition) is 1. The number of amides is 2. The van der Waals surface area contributed by atoms with Gasteiger partial charge in [0, 0.05) is 5.56 Å². The van der Waals surface area contributed by atoms with Gasteiger partial charge in [0.05, 0.1) is 0 Å². The predicted octanol–water partition coefficient (Wildman–Crippen LogP) is 1.60. The minimum absolute atomic E-state index is 0.0338. The van der Waals surface area contributed by atoms with Crippen LogP contribution in [0.3, 0.4) is 0 Å². The second-order valence-electron chi connectivity index (χ2n) is 3.22. The molecule has 1 saturated heterocycles. The predicted molar refractivity (Wildman–Crippen MR) is 50.4 cm³/mol. The maximum absolute atomic E-state index is 11.9. The molecule has 7 heteroatoms. The largest absolute Gasteiger partial charge is 0.435 e. The number of hydrogen-bond acceptors (Lipinski definition) is 4. The molecule has 1 unspecified atom stereocenters. The van der Waals surface area contributed by atoms with Crippen molar-refractivity contribution < 1.29 is 27.8 Å². The van der Waals surface area contributed by atoms with Crippen molar-refractivity contribution in [3.63, 3.8) is 0 Å². The van der Waals surface area contributed by atoms with Crippen molar-refractivity contribution in [3.05, 3.63) is 29.8 Å². The monoisotopic (exact) mass is 243 g/mol. The smallest absolute Gasteiger partial charge is 0.415 e. The highest BCUT2D eigenvalue weighted by Crippen LogP contribution is 2.24. The molecule has 1 atom stereocenters. The van der Waals surface area contributed by atoms with Crippen LogP contribution in [0.5, 0.6) is 5.75 Å². The Labute approximate surface area is 94.3 Å². The number of carbonyl (C=O) groups is 2. The average molecular weight is 243 g/mol. The molecule has 0 aromatic heterocycles. The number of carbonyl (C=O) groups excluding carboxylic acids is 2. The van der Waals surface area contributed by atoms with E-state index in [4.69, 9.17) is 4.74 Å². The normalized spacial score (nSPS) is 19.1. The molecule has 1 N–H and O–H groups in total. The van der Waals surface area contributed by atoms with Crippen LogP contribution in [0.4, 0.5) is 13.6 Å². The van der Waals surface area contributed by atoms with Crippen molar-refractivity contribution in [3.8, 4) is 5.75 Å². The summed E-state index contributed by atoms with van der Waals surface area (Å²) in [5.74, 6) is -0.619. The first-order valence-corrected chi connectivity index (χ1v) is 4.62. The van der Waals surface area contributed by atoms with Gasteiger partial charge in [-0.2, -0.15) is 8.78 Å². The first-order chi connectivity index (χ1) is 8.06. The van der Waals surface area contributed by atoms with E-state index in [2.05, 4.69) is 4.74 Å². The quantitative estimate of drug-likeness (QED) is 0.875. The van der Waals surface area contributed by atoms with Gasteiger partial charge in [0.25, 0.3) is 5.91 Å². The lowest BCUT2D eigenvalue weighted by molar-refractivity contribution is -0.123. The van der Waals surface area contributed by atoms with Gasteiger partial charge in [-0.1, -0.05) is 12.1 Å². The van der Waals surface area contributed by atoms with E-state index in [1.807, 2.05) is 5.32 Å². The summed E-state index contributed by atoms with van der Waals surface area (Å²) in [6.07, 6.45) is -1.86. The number of imide groups is 1. The van der Waals surface area contributed by atoms with Crippen LogP contribution >= 0.6 is 0 Å². The van der Waals surface area contributed by atoms with Gasteiger partial charge in [0.2, 0.25) is 6.10 Å². The molecule has 1 fully saturated rings. The third-order valence-corrected chi connectivity index (χ3v) is 2.10. The molecule has 2 rings (SSSR count). The number of nitrogens with one attached hydrogen (secondary N) is 1. The Morgan fingerprint density at radius 1 is 1.24 bits per heavy atom. The molecule has 1 aromatic carbocycles. The lowest BCUT2D eigenvalue weighted by Crippen LogP contribution is -2.20. The molecule has 5 nitrogen and oxygen atoms in total. The highest BCUT2D eigenvalue weighted by atomic mass is 19.3. The summed E-state index contributed by atoms with van der Waals surface area (Å²) in [6, 6.07) is 5.28. The third-order valence-electron chi connectivity index (χ3n) is 2.10. The summed E-state index contributed by atoms with van der Waals surface area (Å²) in [7, 11) is 0. The molecule has 0 radical (unpaired) electrons. The molecule has 1 aromatic rings. The number of halogens is 2. The van der Waals surface area contributed by atoms with Crippen molar-refractivity contribution >= 4 is 12.0 Å². The van der Waals surface area contributed by atoms with Crippen molar-refractivity contribution in [2.75, 3.05) is 0 Å². The second kappa shape index (κ2) is 4.36. The molecular formula is C10H7F2NO4. The number of ether oxygens (including phenoxy) is 2. The van der Waals surface area contributed by atoms with Crippen molar-refractivity contribution in [2.45, 2.75) is 12.7 Å². The molecule has 0 aliphatic carbocycles. The molecule has 0 saturated carbocycles. The minimum atomic E-state index is -2.91. The van der Waals surface area contributed by atoms with E-state index >= 15 is 0 Å². The van der Waals surface area contributed by atoms with Crippen molar-refractivity contribution in [2.24, 2.45) is 0 Å². The van der Waals surface area contributed by atoms with Gasteiger partial charge in [-0.05, 0) is 12.1 Å². The van der Waals surface area contributed by atoms with E-state index < -0.39 is 24.7 Å². The van der Waals surface area contributed by atoms with E-state index in [-0.39, 0.29) is 5.75 Å². The Morgan fingerprint density at radius 3 is 2.35 bits per heavy atom. The van der Waals surface area contributed by atoms with E-state index in [1.54, 1.807) is 0 Å². The van der Waals surface area contributed by atoms with Crippen LogP contribution in [0.25, 0.3) is 0 Å². The zero-order valence-corrected chi connectivity index (χ0v) is 8.35. The maximum Gasteiger partial charge on any atom is 0.415 e.